The van der Waals surface area contributed by atoms with Gasteiger partial charge in [0.1, 0.15) is 18.8 Å². The van der Waals surface area contributed by atoms with Crippen LogP contribution in [0.1, 0.15) is 32.8 Å². The molecule has 0 amide bonds. The van der Waals surface area contributed by atoms with Crippen molar-refractivity contribution >= 4 is 33.2 Å². The van der Waals surface area contributed by atoms with E-state index in [1.54, 1.807) is 20.8 Å². The van der Waals surface area contributed by atoms with Crippen molar-refractivity contribution in [2.45, 2.75) is 37.5 Å². The van der Waals surface area contributed by atoms with E-state index < -0.39 is 33.8 Å². The summed E-state index contributed by atoms with van der Waals surface area (Å²) in [6.07, 6.45) is 0.172. The van der Waals surface area contributed by atoms with Crippen LogP contribution >= 0.6 is 15.9 Å². The number of hydrogen-bond donors (Lipinski definition) is 1. The Labute approximate surface area is 134 Å². The Morgan fingerprint density at radius 2 is 2.00 bits per heavy atom. The van der Waals surface area contributed by atoms with Crippen LogP contribution in [0.5, 0.6) is 0 Å². The first-order chi connectivity index (χ1) is 9.66. The summed E-state index contributed by atoms with van der Waals surface area (Å²) in [6.45, 7) is 4.06. The van der Waals surface area contributed by atoms with Gasteiger partial charge >= 0.3 is 0 Å². The molecule has 2 unspecified atom stereocenters. The van der Waals surface area contributed by atoms with E-state index in [1.807, 2.05) is 0 Å². The number of carbonyl (C=O) groups is 1. The summed E-state index contributed by atoms with van der Waals surface area (Å²) >= 11 is 3.19. The van der Waals surface area contributed by atoms with E-state index in [4.69, 9.17) is 0 Å². The third-order valence-electron chi connectivity index (χ3n) is 2.95. The molecule has 1 N–H and O–H groups in total. The van der Waals surface area contributed by atoms with Crippen molar-refractivity contribution in [2.24, 2.45) is 0 Å². The molecule has 0 saturated carbocycles. The van der Waals surface area contributed by atoms with Crippen LogP contribution in [0.25, 0.3) is 0 Å². The first kappa shape index (κ1) is 18.4. The molecule has 1 aromatic rings. The predicted octanol–water partition coefficient (Wildman–Crippen LogP) is 3.39. The molecule has 21 heavy (non-hydrogen) atoms. The van der Waals surface area contributed by atoms with Gasteiger partial charge in [-0.15, -0.1) is 0 Å². The van der Waals surface area contributed by atoms with Crippen molar-refractivity contribution in [3.05, 3.63) is 34.1 Å². The number of rotatable bonds is 6. The van der Waals surface area contributed by atoms with Gasteiger partial charge in [0.05, 0.1) is 21.3 Å². The van der Waals surface area contributed by atoms with Crippen LogP contribution in [-0.2, 0) is 21.3 Å². The lowest BCUT2D eigenvalue weighted by Gasteiger charge is -2.33. The highest BCUT2D eigenvalue weighted by Crippen LogP contribution is 2.31. The van der Waals surface area contributed by atoms with Crippen LogP contribution < -0.4 is 4.72 Å². The van der Waals surface area contributed by atoms with Gasteiger partial charge < -0.3 is 4.79 Å². The van der Waals surface area contributed by atoms with Crippen molar-refractivity contribution in [3.8, 4) is 0 Å². The summed E-state index contributed by atoms with van der Waals surface area (Å²) in [6, 6.07) is 4.05. The fourth-order valence-electron chi connectivity index (χ4n) is 1.70. The second kappa shape index (κ2) is 7.07. The molecule has 7 heteroatoms. The summed E-state index contributed by atoms with van der Waals surface area (Å²) in [5.41, 5.74) is -1.67. The highest BCUT2D eigenvalue weighted by molar-refractivity contribution is 9.10. The maximum absolute atomic E-state index is 14.1. The van der Waals surface area contributed by atoms with Gasteiger partial charge in [0.2, 0.25) is 0 Å². The fourth-order valence-corrected chi connectivity index (χ4v) is 2.97. The Hall–Kier alpha value is -0.660. The molecule has 0 fully saturated rings. The second-order valence-electron chi connectivity index (χ2n) is 5.69. The molecule has 0 aromatic heterocycles. The Balaban J connectivity index is 3.35. The number of benzene rings is 1. The number of halogens is 3. The Morgan fingerprint density at radius 3 is 2.48 bits per heavy atom. The lowest BCUT2D eigenvalue weighted by molar-refractivity contribution is -0.109. The van der Waals surface area contributed by atoms with Crippen LogP contribution in [0, 0.1) is 5.82 Å². The van der Waals surface area contributed by atoms with Gasteiger partial charge in [-0.05, 0) is 39.0 Å². The standard InChI is InChI=1S/C14H18BrF2NO2S/c1-13(2,3)21(20)18-14(9-16,6-7-19)11-8-10(15)4-5-12(11)17/h4-5,7-8,18H,6,9H2,1-3H3. The molecule has 1 aromatic carbocycles. The largest absolute Gasteiger partial charge is 0.303 e. The number of alkyl halides is 1. The number of hydrogen-bond acceptors (Lipinski definition) is 2. The lowest BCUT2D eigenvalue weighted by Crippen LogP contribution is -2.50. The van der Waals surface area contributed by atoms with Crippen molar-refractivity contribution in [3.63, 3.8) is 0 Å². The van der Waals surface area contributed by atoms with Crippen LogP contribution in [0.2, 0.25) is 0 Å². The van der Waals surface area contributed by atoms with Crippen LogP contribution in [0.15, 0.2) is 22.7 Å². The summed E-state index contributed by atoms with van der Waals surface area (Å²) < 4.78 is 42.5. The number of aldehydes is 1. The zero-order valence-corrected chi connectivity index (χ0v) is 14.5. The minimum atomic E-state index is -1.65. The molecular weight excluding hydrogens is 364 g/mol. The molecule has 0 aliphatic rings. The molecule has 2 atom stereocenters. The Kier molecular flexibility index (Phi) is 6.19. The number of nitrogens with one attached hydrogen (secondary N) is 1. The molecule has 0 radical (unpaired) electrons. The normalized spacial score (nSPS) is 16.3. The van der Waals surface area contributed by atoms with Crippen molar-refractivity contribution in [1.29, 1.82) is 0 Å². The Morgan fingerprint density at radius 1 is 1.38 bits per heavy atom. The van der Waals surface area contributed by atoms with E-state index in [0.29, 0.717) is 10.8 Å². The van der Waals surface area contributed by atoms with Gasteiger partial charge in [-0.25, -0.2) is 17.7 Å². The minimum absolute atomic E-state index is 0.0240. The summed E-state index contributed by atoms with van der Waals surface area (Å²) in [7, 11) is -1.65. The molecule has 0 aliphatic carbocycles. The number of carbonyl (C=O) groups excluding carboxylic acids is 1. The van der Waals surface area contributed by atoms with Gasteiger partial charge in [0, 0.05) is 16.5 Å². The van der Waals surface area contributed by atoms with E-state index in [1.165, 1.54) is 18.2 Å². The van der Waals surface area contributed by atoms with Crippen LogP contribution in [0.3, 0.4) is 0 Å². The maximum atomic E-state index is 14.1. The van der Waals surface area contributed by atoms with E-state index >= 15 is 0 Å². The van der Waals surface area contributed by atoms with Crippen LogP contribution in [0.4, 0.5) is 8.78 Å². The molecule has 0 aliphatic heterocycles. The van der Waals surface area contributed by atoms with Crippen LogP contribution in [-0.4, -0.2) is 21.9 Å². The van der Waals surface area contributed by atoms with E-state index in [0.717, 1.165) is 0 Å². The molecule has 0 bridgehead atoms. The van der Waals surface area contributed by atoms with E-state index in [2.05, 4.69) is 20.7 Å². The maximum Gasteiger partial charge on any atom is 0.128 e. The quantitative estimate of drug-likeness (QED) is 0.767. The second-order valence-corrected chi connectivity index (χ2v) is 8.58. The van der Waals surface area contributed by atoms with Crippen molar-refractivity contribution in [1.82, 2.24) is 4.72 Å². The van der Waals surface area contributed by atoms with Gasteiger partial charge in [-0.3, -0.25) is 0 Å². The summed E-state index contributed by atoms with van der Waals surface area (Å²) in [5, 5.41) is 0. The molecule has 118 valence electrons. The van der Waals surface area contributed by atoms with Gasteiger partial charge in [0.25, 0.3) is 0 Å². The SMILES string of the molecule is CC(C)(C)S(=O)NC(CF)(CC=O)c1cc(Br)ccc1F. The first-order valence-electron chi connectivity index (χ1n) is 6.31. The minimum Gasteiger partial charge on any atom is -0.303 e. The van der Waals surface area contributed by atoms with Crippen molar-refractivity contribution in [2.75, 3.05) is 6.67 Å². The topological polar surface area (TPSA) is 46.2 Å². The summed E-state index contributed by atoms with van der Waals surface area (Å²) in [4.78, 5) is 10.9. The zero-order valence-electron chi connectivity index (χ0n) is 12.1. The van der Waals surface area contributed by atoms with Crippen molar-refractivity contribution < 1.29 is 17.8 Å². The molecule has 0 heterocycles. The molecule has 1 rings (SSSR count). The zero-order chi connectivity index (χ0) is 16.3. The Bertz CT molecular complexity index is 548. The average molecular weight is 382 g/mol. The molecule has 3 nitrogen and oxygen atoms in total. The molecule has 0 spiro atoms. The summed E-state index contributed by atoms with van der Waals surface area (Å²) in [5.74, 6) is -0.656. The third kappa shape index (κ3) is 4.40. The highest BCUT2D eigenvalue weighted by atomic mass is 79.9. The van der Waals surface area contributed by atoms with E-state index in [9.17, 15) is 17.8 Å². The first-order valence-corrected chi connectivity index (χ1v) is 8.25. The van der Waals surface area contributed by atoms with Gasteiger partial charge in [-0.2, -0.15) is 0 Å². The smallest absolute Gasteiger partial charge is 0.128 e. The lowest BCUT2D eigenvalue weighted by atomic mass is 9.89. The van der Waals surface area contributed by atoms with E-state index in [-0.39, 0.29) is 12.0 Å². The monoisotopic (exact) mass is 381 g/mol. The fraction of sp³-hybridized carbons (Fsp3) is 0.500. The molecule has 0 saturated heterocycles. The third-order valence-corrected chi connectivity index (χ3v) is 5.13. The van der Waals surface area contributed by atoms with Gasteiger partial charge in [-0.1, -0.05) is 15.9 Å². The predicted molar refractivity (Wildman–Crippen MR) is 83.5 cm³/mol. The highest BCUT2D eigenvalue weighted by Gasteiger charge is 2.38. The van der Waals surface area contributed by atoms with Gasteiger partial charge in [0.15, 0.2) is 0 Å². The average Bonchev–Trinajstić information content (AvgIpc) is 2.39. The molecular formula is C14H18BrF2NO2S.